The minimum Gasteiger partial charge on any atom is -0.756 e. The van der Waals surface area contributed by atoms with E-state index >= 15 is 0 Å². The molecule has 5 atom stereocenters. The van der Waals surface area contributed by atoms with Crippen LogP contribution in [0.1, 0.15) is 12.6 Å². The van der Waals surface area contributed by atoms with Crippen LogP contribution in [0, 0.1) is 0 Å². The van der Waals surface area contributed by atoms with Gasteiger partial charge in [-0.15, -0.1) is 0 Å². The summed E-state index contributed by atoms with van der Waals surface area (Å²) in [6, 6.07) is 1.32. The molecule has 2 aliphatic heterocycles. The first-order valence-electron chi connectivity index (χ1n) is 7.07. The number of phosphoric acid groups is 3. The molecule has 2 saturated heterocycles. The van der Waals surface area contributed by atoms with E-state index in [0.717, 1.165) is 4.57 Å². The Kier molecular flexibility index (Phi) is 5.49. The fourth-order valence-electron chi connectivity index (χ4n) is 2.30. The third-order valence-electron chi connectivity index (χ3n) is 3.36. The summed E-state index contributed by atoms with van der Waals surface area (Å²) >= 11 is 0. The van der Waals surface area contributed by atoms with E-state index in [1.54, 1.807) is 0 Å². The number of rotatable bonds is 4. The Morgan fingerprint density at radius 3 is 2.52 bits per heavy atom. The first kappa shape index (κ1) is 20.8. The van der Waals surface area contributed by atoms with Gasteiger partial charge in [0.05, 0.1) is 12.7 Å². The van der Waals surface area contributed by atoms with Crippen LogP contribution >= 0.6 is 23.5 Å². The number of aliphatic hydroxyl groups excluding tert-OH is 1. The van der Waals surface area contributed by atoms with E-state index in [1.165, 1.54) is 12.3 Å². The van der Waals surface area contributed by atoms with Crippen LogP contribution in [0.25, 0.3) is 0 Å². The third kappa shape index (κ3) is 4.91. The lowest BCUT2D eigenvalue weighted by atomic mass is 10.2. The van der Waals surface area contributed by atoms with Crippen LogP contribution < -0.4 is 21.2 Å². The topological polar surface area (TPSA) is 225 Å². The van der Waals surface area contributed by atoms with Crippen molar-refractivity contribution < 1.29 is 50.8 Å². The fourth-order valence-corrected chi connectivity index (χ4v) is 7.11. The van der Waals surface area contributed by atoms with Gasteiger partial charge in [-0.05, 0) is 6.07 Å². The van der Waals surface area contributed by atoms with Gasteiger partial charge in [-0.1, -0.05) is 0 Å². The summed E-state index contributed by atoms with van der Waals surface area (Å²) in [7, 11) is -16.1. The molecule has 0 aliphatic carbocycles. The van der Waals surface area contributed by atoms with E-state index in [-0.39, 0.29) is 12.2 Å². The van der Waals surface area contributed by atoms with Gasteiger partial charge in [0.15, 0.2) is 0 Å². The Hall–Kier alpha value is -0.950. The van der Waals surface area contributed by atoms with Crippen molar-refractivity contribution in [2.75, 3.05) is 12.3 Å². The van der Waals surface area contributed by atoms with Gasteiger partial charge >= 0.3 is 13.5 Å². The smallest absolute Gasteiger partial charge is 0.487 e. The summed E-state index contributed by atoms with van der Waals surface area (Å²) < 4.78 is 56.8. The van der Waals surface area contributed by atoms with Crippen LogP contribution in [0.5, 0.6) is 0 Å². The molecule has 0 amide bonds. The first-order valence-corrected chi connectivity index (χ1v) is 11.5. The number of hydrogen-bond donors (Lipinski definition) is 2. The molecule has 2 fully saturated rings. The molecule has 0 aromatic carbocycles. The minimum atomic E-state index is -5.48. The summed E-state index contributed by atoms with van der Waals surface area (Å²) in [5.74, 6) is -0.0225. The highest BCUT2D eigenvalue weighted by Gasteiger charge is 2.46. The number of ether oxygens (including phenoxy) is 1. The van der Waals surface area contributed by atoms with Crippen LogP contribution in [0.4, 0.5) is 5.82 Å². The van der Waals surface area contributed by atoms with Gasteiger partial charge in [-0.3, -0.25) is 18.2 Å². The van der Waals surface area contributed by atoms with E-state index in [2.05, 4.69) is 22.4 Å². The van der Waals surface area contributed by atoms with E-state index in [4.69, 9.17) is 10.5 Å². The highest BCUT2D eigenvalue weighted by Crippen LogP contribution is 2.77. The molecule has 0 bridgehead atoms. The third-order valence-corrected chi connectivity index (χ3v) is 8.63. The monoisotopic (exact) mass is 447 g/mol. The fraction of sp³-hybridized carbons (Fsp3) is 0.556. The highest BCUT2D eigenvalue weighted by atomic mass is 31.3. The lowest BCUT2D eigenvalue weighted by Crippen LogP contribution is -2.28. The van der Waals surface area contributed by atoms with Crippen molar-refractivity contribution in [1.82, 2.24) is 9.55 Å². The first-order chi connectivity index (χ1) is 12.4. The number of anilines is 1. The zero-order valence-corrected chi connectivity index (χ0v) is 15.7. The summed E-state index contributed by atoms with van der Waals surface area (Å²) in [6.07, 6.45) is -2.28. The van der Waals surface area contributed by atoms with Crippen molar-refractivity contribution in [2.24, 2.45) is 0 Å². The van der Waals surface area contributed by atoms with Crippen LogP contribution in [-0.4, -0.2) is 33.5 Å². The van der Waals surface area contributed by atoms with Crippen molar-refractivity contribution in [2.45, 2.75) is 24.9 Å². The molecule has 1 aromatic rings. The Balaban J connectivity index is 1.68. The molecular formula is C9H12N3O12P3-2. The lowest BCUT2D eigenvalue weighted by Gasteiger charge is -2.38. The largest absolute Gasteiger partial charge is 0.756 e. The number of hydrogen-bond acceptors (Lipinski definition) is 14. The van der Waals surface area contributed by atoms with Crippen molar-refractivity contribution >= 4 is 29.3 Å². The molecule has 5 unspecified atom stereocenters. The molecular weight excluding hydrogens is 435 g/mol. The molecule has 1 aromatic heterocycles. The van der Waals surface area contributed by atoms with E-state index in [0.29, 0.717) is 0 Å². The van der Waals surface area contributed by atoms with Crippen LogP contribution in [0.2, 0.25) is 0 Å². The SMILES string of the molecule is Nc1ccn(C2CC(O)C(COP3(=O)OP(=O)([O-])OP(=O)([O-])O3)O2)c(=O)n1. The second-order valence-electron chi connectivity index (χ2n) is 5.36. The van der Waals surface area contributed by atoms with Gasteiger partial charge in [0.1, 0.15) is 18.1 Å². The molecule has 15 nitrogen and oxygen atoms in total. The van der Waals surface area contributed by atoms with Gasteiger partial charge in [0.25, 0.3) is 15.6 Å². The number of nitrogen functional groups attached to an aromatic ring is 1. The Morgan fingerprint density at radius 2 is 1.93 bits per heavy atom. The van der Waals surface area contributed by atoms with Crippen molar-refractivity contribution in [3.8, 4) is 0 Å². The summed E-state index contributed by atoms with van der Waals surface area (Å²) in [5.41, 5.74) is 4.62. The van der Waals surface area contributed by atoms with Gasteiger partial charge in [-0.2, -0.15) is 4.98 Å². The second-order valence-corrected chi connectivity index (χ2v) is 10.3. The van der Waals surface area contributed by atoms with Crippen molar-refractivity contribution in [1.29, 1.82) is 0 Å². The number of nitrogens with two attached hydrogens (primary N) is 1. The van der Waals surface area contributed by atoms with Gasteiger partial charge in [0, 0.05) is 12.6 Å². The molecule has 3 heterocycles. The van der Waals surface area contributed by atoms with Gasteiger partial charge in [-0.25, -0.2) is 22.3 Å². The Bertz CT molecular complexity index is 906. The maximum atomic E-state index is 12.1. The van der Waals surface area contributed by atoms with Crippen LogP contribution in [0.15, 0.2) is 17.1 Å². The maximum Gasteiger partial charge on any atom is 0.487 e. The predicted octanol–water partition coefficient (Wildman–Crippen LogP) is -1.40. The zero-order chi connectivity index (χ0) is 20.0. The standard InChI is InChI=1S/C9H14N3O12P3/c10-7-1-2-12(9(14)11-7)8-3-5(13)6(21-8)4-20-27(19)23-25(15,16)22-26(17,18)24-27/h1-2,5-6,8,13H,3-4H2,(H,15,16)(H,17,18)(H2,10,11,14)/p-2. The van der Waals surface area contributed by atoms with E-state index < -0.39 is 54.2 Å². The molecule has 3 N–H and O–H groups in total. The van der Waals surface area contributed by atoms with Crippen molar-refractivity contribution in [3.63, 3.8) is 0 Å². The second kappa shape index (κ2) is 7.14. The molecule has 3 rings (SSSR count). The molecule has 0 spiro atoms. The molecule has 0 saturated carbocycles. The predicted molar refractivity (Wildman–Crippen MR) is 79.5 cm³/mol. The molecule has 18 heteroatoms. The van der Waals surface area contributed by atoms with Crippen molar-refractivity contribution in [3.05, 3.63) is 22.7 Å². The summed E-state index contributed by atoms with van der Waals surface area (Å²) in [6.45, 7) is -0.786. The Morgan fingerprint density at radius 1 is 1.30 bits per heavy atom. The van der Waals surface area contributed by atoms with Crippen LogP contribution in [0.3, 0.4) is 0 Å². The molecule has 2 aliphatic rings. The maximum absolute atomic E-state index is 12.1. The molecule has 152 valence electrons. The minimum absolute atomic E-state index is 0.0225. The highest BCUT2D eigenvalue weighted by molar-refractivity contribution is 7.74. The number of aliphatic hydroxyl groups is 1. The van der Waals surface area contributed by atoms with Gasteiger partial charge in [0.2, 0.25) is 0 Å². The lowest BCUT2D eigenvalue weighted by molar-refractivity contribution is -0.242. The van der Waals surface area contributed by atoms with E-state index in [9.17, 15) is 33.4 Å². The zero-order valence-electron chi connectivity index (χ0n) is 13.1. The van der Waals surface area contributed by atoms with Gasteiger partial charge < -0.3 is 25.4 Å². The molecule has 27 heavy (non-hydrogen) atoms. The van der Waals surface area contributed by atoms with Crippen LogP contribution in [-0.2, 0) is 35.9 Å². The summed E-state index contributed by atoms with van der Waals surface area (Å²) in [5, 5.41) is 9.99. The van der Waals surface area contributed by atoms with E-state index in [1.807, 2.05) is 0 Å². The molecule has 0 radical (unpaired) electrons. The number of aromatic nitrogens is 2. The number of nitrogens with zero attached hydrogens (tertiary/aromatic N) is 2. The normalized spacial score (nSPS) is 42.3. The summed E-state index contributed by atoms with van der Waals surface area (Å²) in [4.78, 5) is 37.7. The quantitative estimate of drug-likeness (QED) is 0.506. The average molecular weight is 447 g/mol. The average Bonchev–Trinajstić information content (AvgIpc) is 2.82. The Labute approximate surface area is 150 Å².